The van der Waals surface area contributed by atoms with Gasteiger partial charge in [-0.25, -0.2) is 10.7 Å². The van der Waals surface area contributed by atoms with Gasteiger partial charge in [0, 0.05) is 5.69 Å². The summed E-state index contributed by atoms with van der Waals surface area (Å²) in [7, 11) is 1.32. The molecular weight excluding hydrogens is 160 g/mol. The van der Waals surface area contributed by atoms with E-state index in [0.717, 1.165) is 5.69 Å². The van der Waals surface area contributed by atoms with Crippen molar-refractivity contribution < 1.29 is 14.4 Å². The number of rotatable bonds is 3. The Kier molecular flexibility index (Phi) is 2.84. The lowest BCUT2D eigenvalue weighted by molar-refractivity contribution is 0.0594. The molecule has 66 valence electrons. The molecule has 1 aromatic heterocycles. The highest BCUT2D eigenvalue weighted by Gasteiger charge is 2.06. The summed E-state index contributed by atoms with van der Waals surface area (Å²) in [4.78, 5) is 18.1. The molecule has 0 unspecified atom stereocenters. The zero-order valence-electron chi connectivity index (χ0n) is 6.66. The second-order valence-electron chi connectivity index (χ2n) is 2.20. The van der Waals surface area contributed by atoms with Crippen LogP contribution in [0.1, 0.15) is 16.2 Å². The fourth-order valence-corrected chi connectivity index (χ4v) is 0.843. The second-order valence-corrected chi connectivity index (χ2v) is 2.20. The van der Waals surface area contributed by atoms with Crippen LogP contribution in [0.4, 0.5) is 0 Å². The maximum absolute atomic E-state index is 10.9. The largest absolute Gasteiger partial charge is 0.464 e. The average Bonchev–Trinajstić information content (AvgIpc) is 2.52. The summed E-state index contributed by atoms with van der Waals surface area (Å²) in [5.74, 6) is 4.44. The van der Waals surface area contributed by atoms with Crippen LogP contribution < -0.4 is 5.90 Å². The summed E-state index contributed by atoms with van der Waals surface area (Å²) in [6.45, 7) is 0.247. The van der Waals surface area contributed by atoms with Crippen molar-refractivity contribution in [3.05, 3.63) is 23.5 Å². The Morgan fingerprint density at radius 2 is 2.42 bits per heavy atom. The molecule has 1 aromatic rings. The van der Waals surface area contributed by atoms with Crippen LogP contribution in [-0.2, 0) is 16.2 Å². The molecule has 5 heteroatoms. The lowest BCUT2D eigenvalue weighted by Crippen LogP contribution is -2.03. The van der Waals surface area contributed by atoms with E-state index < -0.39 is 5.97 Å². The van der Waals surface area contributed by atoms with Crippen LogP contribution in [0.15, 0.2) is 12.1 Å². The van der Waals surface area contributed by atoms with E-state index in [0.29, 0.717) is 5.69 Å². The molecule has 0 bridgehead atoms. The highest BCUT2D eigenvalue weighted by atomic mass is 16.6. The number of nitrogens with one attached hydrogen (secondary N) is 1. The van der Waals surface area contributed by atoms with Crippen molar-refractivity contribution in [2.24, 2.45) is 5.90 Å². The van der Waals surface area contributed by atoms with Gasteiger partial charge in [-0.05, 0) is 12.1 Å². The normalized spacial score (nSPS) is 9.83. The van der Waals surface area contributed by atoms with Crippen molar-refractivity contribution in [1.29, 1.82) is 0 Å². The van der Waals surface area contributed by atoms with Gasteiger partial charge >= 0.3 is 5.97 Å². The molecule has 0 spiro atoms. The molecule has 1 heterocycles. The molecule has 0 aliphatic carbocycles. The highest BCUT2D eigenvalue weighted by molar-refractivity contribution is 5.87. The molecule has 0 radical (unpaired) electrons. The van der Waals surface area contributed by atoms with Gasteiger partial charge in [0.25, 0.3) is 0 Å². The van der Waals surface area contributed by atoms with Gasteiger partial charge in [-0.3, -0.25) is 4.84 Å². The number of carbonyl (C=O) groups excluding carboxylic acids is 1. The van der Waals surface area contributed by atoms with Crippen molar-refractivity contribution >= 4 is 5.97 Å². The first-order valence-corrected chi connectivity index (χ1v) is 3.36. The fraction of sp³-hybridized carbons (Fsp3) is 0.286. The molecule has 5 nitrogen and oxygen atoms in total. The van der Waals surface area contributed by atoms with Gasteiger partial charge in [-0.2, -0.15) is 0 Å². The van der Waals surface area contributed by atoms with Crippen LogP contribution in [0.25, 0.3) is 0 Å². The van der Waals surface area contributed by atoms with Crippen molar-refractivity contribution in [3.63, 3.8) is 0 Å². The number of aromatic amines is 1. The molecule has 0 atom stereocenters. The number of methoxy groups -OCH3 is 1. The third-order valence-electron chi connectivity index (χ3n) is 1.39. The first-order chi connectivity index (χ1) is 5.77. The summed E-state index contributed by atoms with van der Waals surface area (Å²) >= 11 is 0. The molecule has 3 N–H and O–H groups in total. The summed E-state index contributed by atoms with van der Waals surface area (Å²) < 4.78 is 4.49. The van der Waals surface area contributed by atoms with Crippen LogP contribution >= 0.6 is 0 Å². The van der Waals surface area contributed by atoms with Crippen LogP contribution in [-0.4, -0.2) is 18.1 Å². The van der Waals surface area contributed by atoms with E-state index in [1.54, 1.807) is 12.1 Å². The van der Waals surface area contributed by atoms with E-state index in [4.69, 9.17) is 5.90 Å². The third-order valence-corrected chi connectivity index (χ3v) is 1.39. The lowest BCUT2D eigenvalue weighted by Gasteiger charge is -1.94. The molecule has 0 aromatic carbocycles. The topological polar surface area (TPSA) is 77.3 Å². The molecule has 0 saturated heterocycles. The maximum atomic E-state index is 10.9. The van der Waals surface area contributed by atoms with E-state index in [2.05, 4.69) is 14.6 Å². The van der Waals surface area contributed by atoms with Gasteiger partial charge in [-0.1, -0.05) is 0 Å². The van der Waals surface area contributed by atoms with Crippen LogP contribution in [0.3, 0.4) is 0 Å². The quantitative estimate of drug-likeness (QED) is 0.501. The number of aromatic nitrogens is 1. The van der Waals surface area contributed by atoms with Gasteiger partial charge in [-0.15, -0.1) is 0 Å². The summed E-state index contributed by atoms with van der Waals surface area (Å²) in [6.07, 6.45) is 0. The molecule has 0 amide bonds. The molecular formula is C7H10N2O3. The second kappa shape index (κ2) is 3.89. The number of hydrogen-bond donors (Lipinski definition) is 2. The van der Waals surface area contributed by atoms with E-state index in [1.165, 1.54) is 7.11 Å². The zero-order valence-corrected chi connectivity index (χ0v) is 6.66. The van der Waals surface area contributed by atoms with Gasteiger partial charge < -0.3 is 9.72 Å². The van der Waals surface area contributed by atoms with Crippen LogP contribution in [0.5, 0.6) is 0 Å². The first kappa shape index (κ1) is 8.76. The Bertz CT molecular complexity index is 269. The first-order valence-electron chi connectivity index (χ1n) is 3.36. The molecule has 1 rings (SSSR count). The summed E-state index contributed by atoms with van der Waals surface area (Å²) in [5.41, 5.74) is 1.13. The fourth-order valence-electron chi connectivity index (χ4n) is 0.843. The Morgan fingerprint density at radius 3 is 3.00 bits per heavy atom. The van der Waals surface area contributed by atoms with E-state index in [9.17, 15) is 4.79 Å². The van der Waals surface area contributed by atoms with Crippen LogP contribution in [0, 0.1) is 0 Å². The Hall–Kier alpha value is -1.33. The van der Waals surface area contributed by atoms with Crippen molar-refractivity contribution in [3.8, 4) is 0 Å². The average molecular weight is 170 g/mol. The highest BCUT2D eigenvalue weighted by Crippen LogP contribution is 2.03. The maximum Gasteiger partial charge on any atom is 0.354 e. The molecule has 12 heavy (non-hydrogen) atoms. The summed E-state index contributed by atoms with van der Waals surface area (Å²) in [6, 6.07) is 3.32. The summed E-state index contributed by atoms with van der Waals surface area (Å²) in [5, 5.41) is 0. The smallest absolute Gasteiger partial charge is 0.354 e. The molecule has 0 fully saturated rings. The van der Waals surface area contributed by atoms with Gasteiger partial charge in [0.1, 0.15) is 12.3 Å². The number of nitrogens with two attached hydrogens (primary N) is 1. The predicted molar refractivity (Wildman–Crippen MR) is 41.1 cm³/mol. The minimum Gasteiger partial charge on any atom is -0.464 e. The minimum atomic E-state index is -0.404. The zero-order chi connectivity index (χ0) is 8.97. The third kappa shape index (κ3) is 1.84. The van der Waals surface area contributed by atoms with Crippen molar-refractivity contribution in [1.82, 2.24) is 4.98 Å². The van der Waals surface area contributed by atoms with Gasteiger partial charge in [0.2, 0.25) is 0 Å². The van der Waals surface area contributed by atoms with Crippen molar-refractivity contribution in [2.45, 2.75) is 6.61 Å². The molecule has 0 aliphatic rings. The van der Waals surface area contributed by atoms with E-state index in [-0.39, 0.29) is 6.61 Å². The van der Waals surface area contributed by atoms with Gasteiger partial charge in [0.15, 0.2) is 0 Å². The SMILES string of the molecule is COC(=O)c1ccc(CON)[nH]1. The number of H-pyrrole nitrogens is 1. The van der Waals surface area contributed by atoms with Crippen LogP contribution in [0.2, 0.25) is 0 Å². The number of ether oxygens (including phenoxy) is 1. The predicted octanol–water partition coefficient (Wildman–Crippen LogP) is 0.192. The standard InChI is InChI=1S/C7H10N2O3/c1-11-7(10)6-3-2-5(9-6)4-12-8/h2-3,9H,4,8H2,1H3. The lowest BCUT2D eigenvalue weighted by atomic mass is 10.4. The van der Waals surface area contributed by atoms with Gasteiger partial charge in [0.05, 0.1) is 7.11 Å². The Balaban J connectivity index is 2.70. The number of carbonyl (C=O) groups is 1. The van der Waals surface area contributed by atoms with Crippen molar-refractivity contribution in [2.75, 3.05) is 7.11 Å². The Labute approximate surface area is 69.4 Å². The number of esters is 1. The number of hydrogen-bond acceptors (Lipinski definition) is 4. The van der Waals surface area contributed by atoms with E-state index in [1.807, 2.05) is 0 Å². The van der Waals surface area contributed by atoms with E-state index >= 15 is 0 Å². The monoisotopic (exact) mass is 170 g/mol. The molecule has 0 saturated carbocycles. The Morgan fingerprint density at radius 1 is 1.67 bits per heavy atom. The minimum absolute atomic E-state index is 0.247. The molecule has 0 aliphatic heterocycles.